The molecule has 1 amide bonds. The number of carbonyl (C=O) groups excluding carboxylic acids is 1. The molecule has 4 rings (SSSR count). The highest BCUT2D eigenvalue weighted by molar-refractivity contribution is 8.00. The van der Waals surface area contributed by atoms with E-state index in [-0.39, 0.29) is 11.7 Å². The van der Waals surface area contributed by atoms with Crippen LogP contribution in [0.2, 0.25) is 0 Å². The minimum Gasteiger partial charge on any atom is -0.492 e. The van der Waals surface area contributed by atoms with Crippen molar-refractivity contribution in [3.8, 4) is 11.4 Å². The third-order valence-corrected chi connectivity index (χ3v) is 5.41. The second-order valence-corrected chi connectivity index (χ2v) is 7.47. The largest absolute Gasteiger partial charge is 0.492 e. The van der Waals surface area contributed by atoms with Gasteiger partial charge in [-0.25, -0.2) is 4.68 Å². The van der Waals surface area contributed by atoms with E-state index in [0.29, 0.717) is 23.1 Å². The lowest BCUT2D eigenvalue weighted by Gasteiger charge is -2.11. The van der Waals surface area contributed by atoms with Gasteiger partial charge in [-0.3, -0.25) is 4.79 Å². The van der Waals surface area contributed by atoms with Gasteiger partial charge in [-0.15, -0.1) is 5.10 Å². The summed E-state index contributed by atoms with van der Waals surface area (Å²) in [6.45, 7) is 4.34. The minimum atomic E-state index is -0.145. The third kappa shape index (κ3) is 4.13. The summed E-state index contributed by atoms with van der Waals surface area (Å²) in [7, 11) is 0. The van der Waals surface area contributed by atoms with Crippen LogP contribution in [-0.4, -0.2) is 38.2 Å². The van der Waals surface area contributed by atoms with E-state index >= 15 is 0 Å². The van der Waals surface area contributed by atoms with Crippen molar-refractivity contribution >= 4 is 34.3 Å². The number of hydrogen-bond acceptors (Lipinski definition) is 6. The maximum Gasteiger partial charge on any atom is 0.234 e. The Morgan fingerprint density at radius 3 is 2.67 bits per heavy atom. The molecule has 152 valence electrons. The number of nitrogens with one attached hydrogen (secondary N) is 1. The van der Waals surface area contributed by atoms with Crippen LogP contribution in [0.15, 0.2) is 65.8 Å². The SMILES string of the molecule is CCOc1ccccc1NC(=O)CSc1nnc(C)c2cnn(-c3ccccc3)c12. The first-order chi connectivity index (χ1) is 14.7. The number of aromatic nitrogens is 4. The van der Waals surface area contributed by atoms with E-state index in [9.17, 15) is 4.79 Å². The summed E-state index contributed by atoms with van der Waals surface area (Å²) in [6.07, 6.45) is 1.79. The van der Waals surface area contributed by atoms with Crippen LogP contribution in [0.5, 0.6) is 5.75 Å². The average molecular weight is 420 g/mol. The van der Waals surface area contributed by atoms with Crippen LogP contribution >= 0.6 is 11.8 Å². The van der Waals surface area contributed by atoms with Gasteiger partial charge in [0.1, 0.15) is 16.3 Å². The van der Waals surface area contributed by atoms with Crippen molar-refractivity contribution in [2.45, 2.75) is 18.9 Å². The number of nitrogens with zero attached hydrogens (tertiary/aromatic N) is 4. The third-order valence-electron chi connectivity index (χ3n) is 4.45. The summed E-state index contributed by atoms with van der Waals surface area (Å²) in [4.78, 5) is 12.6. The smallest absolute Gasteiger partial charge is 0.234 e. The maximum absolute atomic E-state index is 12.6. The summed E-state index contributed by atoms with van der Waals surface area (Å²) in [6, 6.07) is 17.2. The van der Waals surface area contributed by atoms with Crippen molar-refractivity contribution in [2.75, 3.05) is 17.7 Å². The molecular formula is C22H21N5O2S. The van der Waals surface area contributed by atoms with Gasteiger partial charge in [0.15, 0.2) is 0 Å². The average Bonchev–Trinajstić information content (AvgIpc) is 3.22. The van der Waals surface area contributed by atoms with Crippen LogP contribution in [0.4, 0.5) is 5.69 Å². The van der Waals surface area contributed by atoms with Gasteiger partial charge >= 0.3 is 0 Å². The number of fused-ring (bicyclic) bond motifs is 1. The summed E-state index contributed by atoms with van der Waals surface area (Å²) >= 11 is 1.33. The highest BCUT2D eigenvalue weighted by Gasteiger charge is 2.16. The van der Waals surface area contributed by atoms with Crippen molar-refractivity contribution in [1.82, 2.24) is 20.0 Å². The molecule has 0 unspecified atom stereocenters. The van der Waals surface area contributed by atoms with Gasteiger partial charge in [0.25, 0.3) is 0 Å². The molecule has 0 aliphatic rings. The topological polar surface area (TPSA) is 81.9 Å². The van der Waals surface area contributed by atoms with Gasteiger partial charge < -0.3 is 10.1 Å². The summed E-state index contributed by atoms with van der Waals surface area (Å²) in [5.41, 5.74) is 3.23. The number of amides is 1. The number of ether oxygens (including phenoxy) is 1. The molecule has 0 saturated heterocycles. The molecule has 8 heteroatoms. The molecule has 4 aromatic rings. The Balaban J connectivity index is 1.57. The summed E-state index contributed by atoms with van der Waals surface area (Å²) in [5, 5.41) is 17.6. The highest BCUT2D eigenvalue weighted by atomic mass is 32.2. The first-order valence-electron chi connectivity index (χ1n) is 9.58. The second kappa shape index (κ2) is 8.96. The first-order valence-corrected chi connectivity index (χ1v) is 10.6. The summed E-state index contributed by atoms with van der Waals surface area (Å²) in [5.74, 6) is 0.694. The van der Waals surface area contributed by atoms with Gasteiger partial charge in [0, 0.05) is 5.39 Å². The van der Waals surface area contributed by atoms with Gasteiger partial charge in [0.2, 0.25) is 5.91 Å². The van der Waals surface area contributed by atoms with Crippen molar-refractivity contribution in [1.29, 1.82) is 0 Å². The molecular weight excluding hydrogens is 398 g/mol. The Morgan fingerprint density at radius 2 is 1.87 bits per heavy atom. The molecule has 0 fully saturated rings. The van der Waals surface area contributed by atoms with Gasteiger partial charge in [-0.2, -0.15) is 10.2 Å². The molecule has 1 N–H and O–H groups in total. The van der Waals surface area contributed by atoms with Crippen LogP contribution in [0.25, 0.3) is 16.6 Å². The van der Waals surface area contributed by atoms with E-state index in [1.165, 1.54) is 11.8 Å². The molecule has 0 spiro atoms. The van der Waals surface area contributed by atoms with Crippen molar-refractivity contribution in [2.24, 2.45) is 0 Å². The second-order valence-electron chi connectivity index (χ2n) is 6.51. The van der Waals surface area contributed by atoms with Crippen LogP contribution < -0.4 is 10.1 Å². The van der Waals surface area contributed by atoms with Crippen molar-refractivity contribution in [3.05, 3.63) is 66.5 Å². The number of carbonyl (C=O) groups is 1. The lowest BCUT2D eigenvalue weighted by Crippen LogP contribution is -2.15. The number of rotatable bonds is 7. The van der Waals surface area contributed by atoms with Crippen LogP contribution in [0.1, 0.15) is 12.6 Å². The van der Waals surface area contributed by atoms with E-state index in [0.717, 1.165) is 22.3 Å². The first kappa shape index (κ1) is 19.9. The zero-order valence-corrected chi connectivity index (χ0v) is 17.5. The fraction of sp³-hybridized carbons (Fsp3) is 0.182. The molecule has 2 aromatic carbocycles. The zero-order chi connectivity index (χ0) is 20.9. The van der Waals surface area contributed by atoms with E-state index in [4.69, 9.17) is 4.74 Å². The molecule has 0 saturated carbocycles. The zero-order valence-electron chi connectivity index (χ0n) is 16.7. The Morgan fingerprint density at radius 1 is 1.10 bits per heavy atom. The Bertz CT molecular complexity index is 1180. The van der Waals surface area contributed by atoms with Crippen LogP contribution in [0.3, 0.4) is 0 Å². The number of hydrogen-bond donors (Lipinski definition) is 1. The molecule has 2 heterocycles. The number of para-hydroxylation sites is 3. The standard InChI is InChI=1S/C22H21N5O2S/c1-3-29-19-12-8-7-11-18(19)24-20(28)14-30-22-21-17(15(2)25-26-22)13-23-27(21)16-9-5-4-6-10-16/h4-13H,3,14H2,1-2H3,(H,24,28). The molecule has 0 aliphatic heterocycles. The molecule has 30 heavy (non-hydrogen) atoms. The predicted octanol–water partition coefficient (Wildman–Crippen LogP) is 4.25. The van der Waals surface area contributed by atoms with Crippen LogP contribution in [-0.2, 0) is 4.79 Å². The van der Waals surface area contributed by atoms with E-state index in [1.807, 2.05) is 73.1 Å². The number of benzene rings is 2. The Labute approximate surface area is 178 Å². The Kier molecular flexibility index (Phi) is 5.94. The normalized spacial score (nSPS) is 10.9. The minimum absolute atomic E-state index is 0.145. The molecule has 2 aromatic heterocycles. The molecule has 0 aliphatic carbocycles. The fourth-order valence-corrected chi connectivity index (χ4v) is 3.85. The van der Waals surface area contributed by atoms with Gasteiger partial charge in [-0.1, -0.05) is 42.1 Å². The molecule has 7 nitrogen and oxygen atoms in total. The van der Waals surface area contributed by atoms with E-state index in [1.54, 1.807) is 6.20 Å². The van der Waals surface area contributed by atoms with E-state index < -0.39 is 0 Å². The quantitative estimate of drug-likeness (QED) is 0.451. The monoisotopic (exact) mass is 419 g/mol. The number of anilines is 1. The fourth-order valence-electron chi connectivity index (χ4n) is 3.07. The van der Waals surface area contributed by atoms with E-state index in [2.05, 4.69) is 20.6 Å². The van der Waals surface area contributed by atoms with Gasteiger partial charge in [-0.05, 0) is 38.1 Å². The molecule has 0 atom stereocenters. The predicted molar refractivity (Wildman–Crippen MR) is 118 cm³/mol. The maximum atomic E-state index is 12.6. The lowest BCUT2D eigenvalue weighted by atomic mass is 10.3. The van der Waals surface area contributed by atoms with Crippen LogP contribution in [0, 0.1) is 6.92 Å². The lowest BCUT2D eigenvalue weighted by molar-refractivity contribution is -0.113. The van der Waals surface area contributed by atoms with Gasteiger partial charge in [0.05, 0.1) is 35.6 Å². The number of aryl methyl sites for hydroxylation is 1. The Hall–Kier alpha value is -3.39. The number of thioether (sulfide) groups is 1. The molecule has 0 radical (unpaired) electrons. The highest BCUT2D eigenvalue weighted by Crippen LogP contribution is 2.29. The van der Waals surface area contributed by atoms with Crippen molar-refractivity contribution < 1.29 is 9.53 Å². The summed E-state index contributed by atoms with van der Waals surface area (Å²) < 4.78 is 7.41. The molecule has 0 bridgehead atoms. The van der Waals surface area contributed by atoms with Crippen molar-refractivity contribution in [3.63, 3.8) is 0 Å².